The number of benzene rings is 1. The number of rotatable bonds is 4. The van der Waals surface area contributed by atoms with E-state index in [-0.39, 0.29) is 10.6 Å². The van der Waals surface area contributed by atoms with Crippen molar-refractivity contribution in [3.8, 4) is 0 Å². The quantitative estimate of drug-likeness (QED) is 0.660. The Morgan fingerprint density at radius 1 is 1.29 bits per heavy atom. The van der Waals surface area contributed by atoms with Crippen molar-refractivity contribution in [3.05, 3.63) is 61.4 Å². The van der Waals surface area contributed by atoms with Gasteiger partial charge in [-0.25, -0.2) is 0 Å². The van der Waals surface area contributed by atoms with Crippen molar-refractivity contribution in [2.75, 3.05) is 5.32 Å². The molecule has 6 heteroatoms. The summed E-state index contributed by atoms with van der Waals surface area (Å²) in [5.74, 6) is 0. The first-order valence-corrected chi connectivity index (χ1v) is 7.29. The highest BCUT2D eigenvalue weighted by Crippen LogP contribution is 2.28. The van der Waals surface area contributed by atoms with Crippen LogP contribution in [0.1, 0.15) is 22.4 Å². The second-order valence-electron chi connectivity index (χ2n) is 4.91. The summed E-state index contributed by atoms with van der Waals surface area (Å²) >= 11 is 3.53. The second-order valence-corrected chi connectivity index (χ2v) is 5.70. The lowest BCUT2D eigenvalue weighted by Gasteiger charge is -2.12. The van der Waals surface area contributed by atoms with Gasteiger partial charge in [-0.2, -0.15) is 0 Å². The van der Waals surface area contributed by atoms with E-state index in [1.165, 1.54) is 0 Å². The first-order valence-electron chi connectivity index (χ1n) is 6.50. The third kappa shape index (κ3) is 3.21. The van der Waals surface area contributed by atoms with Crippen molar-refractivity contribution in [2.24, 2.45) is 0 Å². The first kappa shape index (κ1) is 15.4. The van der Waals surface area contributed by atoms with Gasteiger partial charge in [0.05, 0.1) is 22.7 Å². The number of nitro groups is 1. The average molecular weight is 350 g/mol. The fraction of sp³-hybridized carbons (Fsp3) is 0.267. The number of aromatic nitrogens is 1. The highest BCUT2D eigenvalue weighted by atomic mass is 79.9. The Balaban J connectivity index is 2.27. The third-order valence-corrected chi connectivity index (χ3v) is 4.45. The first-order chi connectivity index (χ1) is 9.91. The zero-order valence-corrected chi connectivity index (χ0v) is 13.7. The van der Waals surface area contributed by atoms with Gasteiger partial charge in [-0.1, -0.05) is 12.1 Å². The highest BCUT2D eigenvalue weighted by molar-refractivity contribution is 9.10. The van der Waals surface area contributed by atoms with Gasteiger partial charge in [0, 0.05) is 21.9 Å². The maximum atomic E-state index is 11.1. The van der Waals surface area contributed by atoms with Gasteiger partial charge in [-0.05, 0) is 48.3 Å². The third-order valence-electron chi connectivity index (χ3n) is 3.40. The van der Waals surface area contributed by atoms with Gasteiger partial charge in [0.1, 0.15) is 0 Å². The molecule has 0 saturated carbocycles. The monoisotopic (exact) mass is 349 g/mol. The lowest BCUT2D eigenvalue weighted by atomic mass is 10.1. The largest absolute Gasteiger partial charge is 0.378 e. The van der Waals surface area contributed by atoms with E-state index in [9.17, 15) is 10.1 Å². The Bertz CT molecular complexity index is 702. The molecule has 21 heavy (non-hydrogen) atoms. The molecule has 1 N–H and O–H groups in total. The van der Waals surface area contributed by atoms with E-state index >= 15 is 0 Å². The van der Waals surface area contributed by atoms with Crippen LogP contribution >= 0.6 is 15.9 Å². The molecule has 0 aliphatic carbocycles. The summed E-state index contributed by atoms with van der Waals surface area (Å²) in [7, 11) is 0. The van der Waals surface area contributed by atoms with E-state index in [0.29, 0.717) is 23.4 Å². The molecule has 0 atom stereocenters. The van der Waals surface area contributed by atoms with E-state index in [4.69, 9.17) is 0 Å². The van der Waals surface area contributed by atoms with Crippen molar-refractivity contribution in [1.29, 1.82) is 0 Å². The minimum absolute atomic E-state index is 0.144. The minimum Gasteiger partial charge on any atom is -0.378 e. The molecule has 0 unspecified atom stereocenters. The molecule has 1 aromatic heterocycles. The molecule has 2 rings (SSSR count). The van der Waals surface area contributed by atoms with Gasteiger partial charge in [0.2, 0.25) is 0 Å². The van der Waals surface area contributed by atoms with E-state index in [1.54, 1.807) is 20.0 Å². The summed E-state index contributed by atoms with van der Waals surface area (Å²) < 4.78 is 0.990. The van der Waals surface area contributed by atoms with Crippen LogP contribution in [0.2, 0.25) is 0 Å². The molecule has 0 bridgehead atoms. The summed E-state index contributed by atoms with van der Waals surface area (Å²) in [4.78, 5) is 15.1. The number of halogens is 1. The lowest BCUT2D eigenvalue weighted by Crippen LogP contribution is -2.07. The van der Waals surface area contributed by atoms with Crippen LogP contribution < -0.4 is 5.32 Å². The fourth-order valence-corrected chi connectivity index (χ4v) is 2.59. The Labute approximate surface area is 131 Å². The molecule has 0 amide bonds. The Morgan fingerprint density at radius 2 is 2.00 bits per heavy atom. The zero-order valence-electron chi connectivity index (χ0n) is 12.1. The summed E-state index contributed by atoms with van der Waals surface area (Å²) in [6.07, 6.45) is 1.55. The predicted octanol–water partition coefficient (Wildman–Crippen LogP) is 4.29. The van der Waals surface area contributed by atoms with Crippen LogP contribution in [0.3, 0.4) is 0 Å². The van der Waals surface area contributed by atoms with Gasteiger partial charge in [-0.3, -0.25) is 15.1 Å². The Kier molecular flexibility index (Phi) is 4.57. The number of pyridine rings is 1. The van der Waals surface area contributed by atoms with E-state index in [2.05, 4.69) is 26.2 Å². The molecule has 5 nitrogen and oxygen atoms in total. The van der Waals surface area contributed by atoms with Crippen molar-refractivity contribution in [1.82, 2.24) is 4.98 Å². The maximum absolute atomic E-state index is 11.1. The SMILES string of the molecule is Cc1cccc(NCc2ncc(C)c([N+](=O)[O-])c2C)c1Br. The molecule has 0 radical (unpaired) electrons. The predicted molar refractivity (Wildman–Crippen MR) is 86.6 cm³/mol. The Hall–Kier alpha value is -1.95. The number of nitrogens with zero attached hydrogens (tertiary/aromatic N) is 2. The van der Waals surface area contributed by atoms with E-state index < -0.39 is 0 Å². The number of hydrogen-bond donors (Lipinski definition) is 1. The zero-order chi connectivity index (χ0) is 15.6. The molecule has 0 aliphatic rings. The second kappa shape index (κ2) is 6.22. The summed E-state index contributed by atoms with van der Waals surface area (Å²) in [5, 5.41) is 14.4. The molecule has 1 aromatic carbocycles. The Morgan fingerprint density at radius 3 is 2.67 bits per heavy atom. The van der Waals surface area contributed by atoms with Crippen LogP contribution in [0, 0.1) is 30.9 Å². The number of hydrogen-bond acceptors (Lipinski definition) is 4. The number of anilines is 1. The van der Waals surface area contributed by atoms with Crippen molar-refractivity contribution in [2.45, 2.75) is 27.3 Å². The fourth-order valence-electron chi connectivity index (χ4n) is 2.19. The van der Waals surface area contributed by atoms with Crippen LogP contribution in [-0.4, -0.2) is 9.91 Å². The van der Waals surface area contributed by atoms with Gasteiger partial charge in [-0.15, -0.1) is 0 Å². The standard InChI is InChI=1S/C15H16BrN3O2/c1-9-5-4-6-12(14(9)16)18-8-13-11(3)15(19(20)21)10(2)7-17-13/h4-7,18H,8H2,1-3H3. The highest BCUT2D eigenvalue weighted by Gasteiger charge is 2.18. The molecule has 110 valence electrons. The van der Waals surface area contributed by atoms with Crippen molar-refractivity contribution in [3.63, 3.8) is 0 Å². The van der Waals surface area contributed by atoms with Crippen LogP contribution in [0.5, 0.6) is 0 Å². The minimum atomic E-state index is -0.349. The van der Waals surface area contributed by atoms with Crippen LogP contribution in [-0.2, 0) is 6.54 Å². The molecule has 2 aromatic rings. The van der Waals surface area contributed by atoms with Gasteiger partial charge >= 0.3 is 0 Å². The van der Waals surface area contributed by atoms with Gasteiger partial charge < -0.3 is 5.32 Å². The average Bonchev–Trinajstić information content (AvgIpc) is 2.42. The van der Waals surface area contributed by atoms with Crippen LogP contribution in [0.25, 0.3) is 0 Å². The summed E-state index contributed by atoms with van der Waals surface area (Å²) in [5.41, 5.74) is 4.08. The molecule has 0 spiro atoms. The van der Waals surface area contributed by atoms with Gasteiger partial charge in [0.25, 0.3) is 5.69 Å². The smallest absolute Gasteiger partial charge is 0.278 e. The van der Waals surface area contributed by atoms with Crippen LogP contribution in [0.15, 0.2) is 28.9 Å². The molecule has 0 aliphatic heterocycles. The molecule has 0 saturated heterocycles. The molecular weight excluding hydrogens is 334 g/mol. The summed E-state index contributed by atoms with van der Waals surface area (Å²) in [6, 6.07) is 5.92. The maximum Gasteiger partial charge on any atom is 0.278 e. The van der Waals surface area contributed by atoms with E-state index in [0.717, 1.165) is 15.7 Å². The topological polar surface area (TPSA) is 68.1 Å². The normalized spacial score (nSPS) is 10.5. The van der Waals surface area contributed by atoms with Crippen molar-refractivity contribution < 1.29 is 4.92 Å². The summed E-state index contributed by atoms with van der Waals surface area (Å²) in [6.45, 7) is 5.89. The lowest BCUT2D eigenvalue weighted by molar-refractivity contribution is -0.386. The molecule has 1 heterocycles. The number of nitrogens with one attached hydrogen (secondary N) is 1. The number of aryl methyl sites for hydroxylation is 2. The van der Waals surface area contributed by atoms with Gasteiger partial charge in [0.15, 0.2) is 0 Å². The molecular formula is C15H16BrN3O2. The van der Waals surface area contributed by atoms with E-state index in [1.807, 2.05) is 25.1 Å². The van der Waals surface area contributed by atoms with Crippen LogP contribution in [0.4, 0.5) is 11.4 Å². The molecule has 0 fully saturated rings. The van der Waals surface area contributed by atoms with Crippen molar-refractivity contribution >= 4 is 27.3 Å².